The maximum atomic E-state index is 4.71. The molecule has 1 unspecified atom stereocenters. The number of hydrogen-bond donors (Lipinski definition) is 2. The molecule has 0 spiro atoms. The average Bonchev–Trinajstić information content (AvgIpc) is 2.99. The van der Waals surface area contributed by atoms with E-state index in [4.69, 9.17) is 5.10 Å². The van der Waals surface area contributed by atoms with E-state index >= 15 is 0 Å². The highest BCUT2D eigenvalue weighted by Gasteiger charge is 2.24. The minimum atomic E-state index is 0.520. The number of aromatic amines is 1. The first-order valence-corrected chi connectivity index (χ1v) is 7.13. The first kappa shape index (κ1) is 12.0. The number of nitrogens with one attached hydrogen (secondary N) is 2. The lowest BCUT2D eigenvalue weighted by atomic mass is 9.96. The summed E-state index contributed by atoms with van der Waals surface area (Å²) in [5.74, 6) is 0.520. The van der Waals surface area contributed by atoms with Crippen LogP contribution in [0, 0.1) is 0 Å². The summed E-state index contributed by atoms with van der Waals surface area (Å²) in [5, 5.41) is 8.15. The molecule has 3 heterocycles. The molecule has 0 aromatic carbocycles. The largest absolute Gasteiger partial charge is 0.367 e. The standard InChI is InChI=1S/C13H17BrN4/c1-18-13(10-4-6-16-8-10)11(14)12(17-18)9-3-2-5-15-7-9/h4,6,8-9,15-16H,2-3,5,7H2,1H3. The Bertz CT molecular complexity index is 523. The molecule has 1 aliphatic heterocycles. The van der Waals surface area contributed by atoms with Gasteiger partial charge in [0.15, 0.2) is 0 Å². The van der Waals surface area contributed by atoms with E-state index in [1.807, 2.05) is 24.1 Å². The molecule has 4 nitrogen and oxygen atoms in total. The predicted molar refractivity (Wildman–Crippen MR) is 75.5 cm³/mol. The van der Waals surface area contributed by atoms with Gasteiger partial charge in [0.1, 0.15) is 0 Å². The lowest BCUT2D eigenvalue weighted by Gasteiger charge is -2.21. The molecule has 5 heteroatoms. The minimum Gasteiger partial charge on any atom is -0.367 e. The fourth-order valence-corrected chi connectivity index (χ4v) is 3.54. The lowest BCUT2D eigenvalue weighted by Crippen LogP contribution is -2.28. The van der Waals surface area contributed by atoms with E-state index in [9.17, 15) is 0 Å². The van der Waals surface area contributed by atoms with Crippen molar-refractivity contribution in [3.05, 3.63) is 28.6 Å². The predicted octanol–water partition coefficient (Wildman–Crippen LogP) is 2.64. The van der Waals surface area contributed by atoms with Gasteiger partial charge in [0.25, 0.3) is 0 Å². The maximum Gasteiger partial charge on any atom is 0.0839 e. The second-order valence-electron chi connectivity index (χ2n) is 4.81. The fraction of sp³-hybridized carbons (Fsp3) is 0.462. The molecule has 2 N–H and O–H groups in total. The Kier molecular flexibility index (Phi) is 3.26. The molecular weight excluding hydrogens is 292 g/mol. The SMILES string of the molecule is Cn1nc(C2CCCNC2)c(Br)c1-c1cc[nH]c1. The zero-order valence-corrected chi connectivity index (χ0v) is 12.0. The first-order valence-electron chi connectivity index (χ1n) is 6.33. The number of halogens is 1. The minimum absolute atomic E-state index is 0.520. The summed E-state index contributed by atoms with van der Waals surface area (Å²) in [7, 11) is 2.01. The van der Waals surface area contributed by atoms with Crippen molar-refractivity contribution in [1.82, 2.24) is 20.1 Å². The van der Waals surface area contributed by atoms with E-state index in [2.05, 4.69) is 32.3 Å². The van der Waals surface area contributed by atoms with Crippen LogP contribution in [0.15, 0.2) is 22.9 Å². The number of H-pyrrole nitrogens is 1. The van der Waals surface area contributed by atoms with Gasteiger partial charge in [0, 0.05) is 37.5 Å². The quantitative estimate of drug-likeness (QED) is 0.896. The van der Waals surface area contributed by atoms with E-state index in [-0.39, 0.29) is 0 Å². The number of aryl methyl sites for hydroxylation is 1. The van der Waals surface area contributed by atoms with Crippen LogP contribution in [0.5, 0.6) is 0 Å². The highest BCUT2D eigenvalue weighted by atomic mass is 79.9. The molecular formula is C13H17BrN4. The van der Waals surface area contributed by atoms with Gasteiger partial charge in [-0.15, -0.1) is 0 Å². The number of aromatic nitrogens is 3. The molecule has 0 bridgehead atoms. The van der Waals surface area contributed by atoms with Crippen molar-refractivity contribution in [1.29, 1.82) is 0 Å². The third kappa shape index (κ3) is 2.01. The van der Waals surface area contributed by atoms with Crippen LogP contribution in [-0.4, -0.2) is 27.9 Å². The Morgan fingerprint density at radius 2 is 2.39 bits per heavy atom. The van der Waals surface area contributed by atoms with Crippen molar-refractivity contribution in [3.8, 4) is 11.3 Å². The summed E-state index contributed by atoms with van der Waals surface area (Å²) in [6.07, 6.45) is 6.39. The van der Waals surface area contributed by atoms with Gasteiger partial charge in [-0.1, -0.05) is 0 Å². The van der Waals surface area contributed by atoms with Gasteiger partial charge in [-0.3, -0.25) is 4.68 Å². The second-order valence-corrected chi connectivity index (χ2v) is 5.61. The molecule has 0 saturated carbocycles. The third-order valence-corrected chi connectivity index (χ3v) is 4.35. The topological polar surface area (TPSA) is 45.6 Å². The summed E-state index contributed by atoms with van der Waals surface area (Å²) in [6, 6.07) is 2.07. The number of nitrogens with zero attached hydrogens (tertiary/aromatic N) is 2. The van der Waals surface area contributed by atoms with Crippen LogP contribution in [-0.2, 0) is 7.05 Å². The molecule has 1 saturated heterocycles. The van der Waals surface area contributed by atoms with E-state index in [1.165, 1.54) is 24.1 Å². The Balaban J connectivity index is 2.00. The van der Waals surface area contributed by atoms with E-state index in [0.717, 1.165) is 23.3 Å². The van der Waals surface area contributed by atoms with Crippen molar-refractivity contribution < 1.29 is 0 Å². The third-order valence-electron chi connectivity index (χ3n) is 3.57. The van der Waals surface area contributed by atoms with Crippen LogP contribution < -0.4 is 5.32 Å². The van der Waals surface area contributed by atoms with Crippen LogP contribution in [0.1, 0.15) is 24.5 Å². The van der Waals surface area contributed by atoms with Crippen LogP contribution in [0.25, 0.3) is 11.3 Å². The highest BCUT2D eigenvalue weighted by molar-refractivity contribution is 9.10. The molecule has 1 atom stereocenters. The first-order chi connectivity index (χ1) is 8.77. The fourth-order valence-electron chi connectivity index (χ4n) is 2.65. The van der Waals surface area contributed by atoms with Gasteiger partial charge in [-0.05, 0) is 41.4 Å². The smallest absolute Gasteiger partial charge is 0.0839 e. The Morgan fingerprint density at radius 1 is 1.50 bits per heavy atom. The summed E-state index contributed by atoms with van der Waals surface area (Å²) in [4.78, 5) is 3.10. The number of piperidine rings is 1. The van der Waals surface area contributed by atoms with Gasteiger partial charge < -0.3 is 10.3 Å². The second kappa shape index (κ2) is 4.90. The molecule has 96 valence electrons. The van der Waals surface area contributed by atoms with E-state index < -0.39 is 0 Å². The summed E-state index contributed by atoms with van der Waals surface area (Å²) >= 11 is 3.73. The van der Waals surface area contributed by atoms with Crippen molar-refractivity contribution in [3.63, 3.8) is 0 Å². The van der Waals surface area contributed by atoms with Crippen LogP contribution in [0.2, 0.25) is 0 Å². The Labute approximate surface area is 115 Å². The van der Waals surface area contributed by atoms with Crippen LogP contribution in [0.3, 0.4) is 0 Å². The molecule has 3 rings (SSSR count). The Morgan fingerprint density at radius 3 is 3.06 bits per heavy atom. The van der Waals surface area contributed by atoms with E-state index in [0.29, 0.717) is 5.92 Å². The van der Waals surface area contributed by atoms with Gasteiger partial charge >= 0.3 is 0 Å². The van der Waals surface area contributed by atoms with Gasteiger partial charge in [-0.2, -0.15) is 5.10 Å². The molecule has 18 heavy (non-hydrogen) atoms. The van der Waals surface area contributed by atoms with Gasteiger partial charge in [0.2, 0.25) is 0 Å². The summed E-state index contributed by atoms with van der Waals surface area (Å²) in [5.41, 5.74) is 3.50. The zero-order valence-electron chi connectivity index (χ0n) is 10.4. The van der Waals surface area contributed by atoms with Crippen molar-refractivity contribution in [2.75, 3.05) is 13.1 Å². The summed E-state index contributed by atoms with van der Waals surface area (Å²) in [6.45, 7) is 2.16. The molecule has 1 aliphatic rings. The van der Waals surface area contributed by atoms with Crippen LogP contribution >= 0.6 is 15.9 Å². The highest BCUT2D eigenvalue weighted by Crippen LogP contribution is 2.36. The normalized spacial score (nSPS) is 20.2. The van der Waals surface area contributed by atoms with Crippen molar-refractivity contribution in [2.24, 2.45) is 7.05 Å². The lowest BCUT2D eigenvalue weighted by molar-refractivity contribution is 0.450. The van der Waals surface area contributed by atoms with Crippen LogP contribution in [0.4, 0.5) is 0 Å². The molecule has 2 aromatic heterocycles. The molecule has 0 aliphatic carbocycles. The van der Waals surface area contributed by atoms with Gasteiger partial charge in [-0.25, -0.2) is 0 Å². The van der Waals surface area contributed by atoms with E-state index in [1.54, 1.807) is 0 Å². The number of hydrogen-bond acceptors (Lipinski definition) is 2. The Hall–Kier alpha value is -1.07. The molecule has 0 amide bonds. The monoisotopic (exact) mass is 308 g/mol. The van der Waals surface area contributed by atoms with Gasteiger partial charge in [0.05, 0.1) is 15.9 Å². The maximum absolute atomic E-state index is 4.71. The summed E-state index contributed by atoms with van der Waals surface area (Å²) < 4.78 is 3.11. The molecule has 2 aromatic rings. The average molecular weight is 309 g/mol. The number of rotatable bonds is 2. The van der Waals surface area contributed by atoms with Crippen molar-refractivity contribution >= 4 is 15.9 Å². The van der Waals surface area contributed by atoms with Crippen molar-refractivity contribution in [2.45, 2.75) is 18.8 Å². The zero-order chi connectivity index (χ0) is 12.5. The molecule has 1 fully saturated rings. The molecule has 0 radical (unpaired) electrons.